The van der Waals surface area contributed by atoms with E-state index in [0.717, 1.165) is 56.4 Å². The summed E-state index contributed by atoms with van der Waals surface area (Å²) in [5.41, 5.74) is 1.18. The van der Waals surface area contributed by atoms with Crippen LogP contribution < -0.4 is 10.1 Å². The van der Waals surface area contributed by atoms with Gasteiger partial charge in [-0.3, -0.25) is 14.7 Å². The third-order valence-electron chi connectivity index (χ3n) is 6.33. The Morgan fingerprint density at radius 2 is 2.11 bits per heavy atom. The summed E-state index contributed by atoms with van der Waals surface area (Å²) in [7, 11) is 1.63. The van der Waals surface area contributed by atoms with Crippen LogP contribution in [0.25, 0.3) is 0 Å². The Labute approximate surface area is 204 Å². The van der Waals surface area contributed by atoms with Crippen LogP contribution in [0.1, 0.15) is 22.3 Å². The fourth-order valence-corrected chi connectivity index (χ4v) is 4.49. The SMILES string of the molecule is COc1cccc2c1N=CN1CC(CNC(=O)c3cccnc3)(OCCCN3CCOCC3)N=C21. The van der Waals surface area contributed by atoms with Crippen molar-refractivity contribution >= 4 is 23.8 Å². The highest BCUT2D eigenvalue weighted by Gasteiger charge is 2.42. The van der Waals surface area contributed by atoms with E-state index >= 15 is 0 Å². The average Bonchev–Trinajstić information content (AvgIpc) is 3.30. The van der Waals surface area contributed by atoms with Crippen molar-refractivity contribution in [3.05, 3.63) is 53.9 Å². The molecule has 1 fully saturated rings. The topological polar surface area (TPSA) is 101 Å². The molecule has 184 valence electrons. The van der Waals surface area contributed by atoms with E-state index in [0.29, 0.717) is 24.5 Å². The van der Waals surface area contributed by atoms with Crippen molar-refractivity contribution in [2.45, 2.75) is 12.1 Å². The van der Waals surface area contributed by atoms with Crippen LogP contribution >= 0.6 is 0 Å². The standard InChI is InChI=1S/C25H30N6O4/c1-33-21-7-2-6-20-22(21)28-18-31-17-25(29-23(20)31,16-27-24(32)19-5-3-8-26-15-19)35-12-4-9-30-10-13-34-14-11-30/h2-3,5-8,15,18H,4,9-14,16-17H2,1H3,(H,27,32). The van der Waals surface area contributed by atoms with E-state index in [1.807, 2.05) is 23.1 Å². The number of amidine groups is 1. The molecule has 10 heteroatoms. The van der Waals surface area contributed by atoms with Crippen molar-refractivity contribution in [2.75, 3.05) is 59.7 Å². The van der Waals surface area contributed by atoms with E-state index < -0.39 is 5.72 Å². The van der Waals surface area contributed by atoms with Gasteiger partial charge in [0.2, 0.25) is 0 Å². The van der Waals surface area contributed by atoms with Crippen molar-refractivity contribution in [3.63, 3.8) is 0 Å². The number of fused-ring (bicyclic) bond motifs is 3. The van der Waals surface area contributed by atoms with Crippen LogP contribution in [0.5, 0.6) is 5.75 Å². The van der Waals surface area contributed by atoms with Crippen LogP contribution in [0.4, 0.5) is 5.69 Å². The monoisotopic (exact) mass is 478 g/mol. The second-order valence-electron chi connectivity index (χ2n) is 8.69. The molecule has 4 heterocycles. The summed E-state index contributed by atoms with van der Waals surface area (Å²) in [5, 5.41) is 2.99. The number of hydrogen-bond acceptors (Lipinski definition) is 9. The minimum Gasteiger partial charge on any atom is -0.494 e. The summed E-state index contributed by atoms with van der Waals surface area (Å²) >= 11 is 0. The molecule has 35 heavy (non-hydrogen) atoms. The number of para-hydroxylation sites is 1. The van der Waals surface area contributed by atoms with Crippen LogP contribution in [-0.2, 0) is 9.47 Å². The fourth-order valence-electron chi connectivity index (χ4n) is 4.49. The fraction of sp³-hybridized carbons (Fsp3) is 0.440. The van der Waals surface area contributed by atoms with Gasteiger partial charge in [0, 0.05) is 37.6 Å². The van der Waals surface area contributed by atoms with Gasteiger partial charge in [0.15, 0.2) is 5.72 Å². The maximum absolute atomic E-state index is 12.7. The molecule has 3 aliphatic heterocycles. The number of carbonyl (C=O) groups is 1. The lowest BCUT2D eigenvalue weighted by Gasteiger charge is -2.29. The summed E-state index contributed by atoms with van der Waals surface area (Å²) in [4.78, 5) is 30.7. The number of amides is 1. The number of rotatable bonds is 9. The number of aromatic nitrogens is 1. The Hall–Kier alpha value is -3.34. The highest BCUT2D eigenvalue weighted by atomic mass is 16.5. The number of benzene rings is 1. The maximum Gasteiger partial charge on any atom is 0.253 e. The highest BCUT2D eigenvalue weighted by Crippen LogP contribution is 2.37. The van der Waals surface area contributed by atoms with E-state index in [-0.39, 0.29) is 12.5 Å². The van der Waals surface area contributed by atoms with E-state index in [1.165, 1.54) is 0 Å². The first kappa shape index (κ1) is 23.4. The van der Waals surface area contributed by atoms with Crippen LogP contribution in [0.15, 0.2) is 52.7 Å². The number of nitrogens with one attached hydrogen (secondary N) is 1. The van der Waals surface area contributed by atoms with Crippen LogP contribution in [0.2, 0.25) is 0 Å². The first-order valence-electron chi connectivity index (χ1n) is 11.9. The van der Waals surface area contributed by atoms with Crippen LogP contribution in [-0.4, -0.2) is 98.2 Å². The maximum atomic E-state index is 12.7. The molecule has 1 unspecified atom stereocenters. The minimum absolute atomic E-state index is 0.213. The third-order valence-corrected chi connectivity index (χ3v) is 6.33. The van der Waals surface area contributed by atoms with Crippen molar-refractivity contribution in [2.24, 2.45) is 9.98 Å². The number of nitrogens with zero attached hydrogens (tertiary/aromatic N) is 5. The first-order chi connectivity index (χ1) is 17.2. The molecule has 1 atom stereocenters. The third kappa shape index (κ3) is 5.19. The number of ether oxygens (including phenoxy) is 3. The number of hydrogen-bond donors (Lipinski definition) is 1. The molecule has 0 saturated carbocycles. The van der Waals surface area contributed by atoms with Gasteiger partial charge in [-0.2, -0.15) is 0 Å². The van der Waals surface area contributed by atoms with Gasteiger partial charge in [-0.15, -0.1) is 0 Å². The summed E-state index contributed by atoms with van der Waals surface area (Å²) in [5.74, 6) is 1.24. The van der Waals surface area contributed by atoms with Crippen LogP contribution in [0.3, 0.4) is 0 Å². The molecule has 3 aliphatic rings. The summed E-state index contributed by atoms with van der Waals surface area (Å²) in [6.07, 6.45) is 5.80. The van der Waals surface area contributed by atoms with E-state index in [2.05, 4.69) is 20.2 Å². The zero-order valence-corrected chi connectivity index (χ0v) is 19.9. The lowest BCUT2D eigenvalue weighted by Crippen LogP contribution is -2.48. The number of aliphatic imine (C=N–C) groups is 2. The molecule has 10 nitrogen and oxygen atoms in total. The Balaban J connectivity index is 1.33. The molecule has 0 spiro atoms. The molecule has 0 bridgehead atoms. The van der Waals surface area contributed by atoms with Crippen molar-refractivity contribution in [3.8, 4) is 5.75 Å². The molecule has 1 aromatic carbocycles. The van der Waals surface area contributed by atoms with Crippen molar-refractivity contribution < 1.29 is 19.0 Å². The smallest absolute Gasteiger partial charge is 0.253 e. The summed E-state index contributed by atoms with van der Waals surface area (Å²) < 4.78 is 17.3. The van der Waals surface area contributed by atoms with Gasteiger partial charge in [0.25, 0.3) is 5.91 Å². The predicted octanol–water partition coefficient (Wildman–Crippen LogP) is 1.69. The predicted molar refractivity (Wildman–Crippen MR) is 132 cm³/mol. The molecule has 1 saturated heterocycles. The molecule has 2 aromatic rings. The summed E-state index contributed by atoms with van der Waals surface area (Å²) in [6.45, 7) is 5.57. The molecule has 0 radical (unpaired) electrons. The second kappa shape index (κ2) is 10.5. The van der Waals surface area contributed by atoms with Crippen molar-refractivity contribution in [1.29, 1.82) is 0 Å². The number of carbonyl (C=O) groups excluding carboxylic acids is 1. The lowest BCUT2D eigenvalue weighted by atomic mass is 10.1. The van der Waals surface area contributed by atoms with Gasteiger partial charge in [-0.05, 0) is 30.7 Å². The lowest BCUT2D eigenvalue weighted by molar-refractivity contribution is -0.0387. The molecular formula is C25H30N6O4. The zero-order valence-electron chi connectivity index (χ0n) is 19.9. The highest BCUT2D eigenvalue weighted by molar-refractivity contribution is 6.12. The number of methoxy groups -OCH3 is 1. The Morgan fingerprint density at radius 1 is 1.23 bits per heavy atom. The molecule has 1 amide bonds. The van der Waals surface area contributed by atoms with E-state index in [4.69, 9.17) is 19.2 Å². The summed E-state index contributed by atoms with van der Waals surface area (Å²) in [6, 6.07) is 9.25. The molecular weight excluding hydrogens is 448 g/mol. The minimum atomic E-state index is -0.936. The van der Waals surface area contributed by atoms with Gasteiger partial charge in [0.1, 0.15) is 17.3 Å². The van der Waals surface area contributed by atoms with Gasteiger partial charge in [-0.25, -0.2) is 9.98 Å². The Kier molecular flexibility index (Phi) is 7.03. The first-order valence-corrected chi connectivity index (χ1v) is 11.9. The number of pyridine rings is 1. The quantitative estimate of drug-likeness (QED) is 0.548. The van der Waals surface area contributed by atoms with Gasteiger partial charge in [0.05, 0.1) is 51.9 Å². The molecule has 0 aliphatic carbocycles. The zero-order chi connectivity index (χ0) is 24.1. The largest absolute Gasteiger partial charge is 0.494 e. The molecule has 5 rings (SSSR count). The number of morpholine rings is 1. The van der Waals surface area contributed by atoms with Crippen molar-refractivity contribution in [1.82, 2.24) is 20.1 Å². The van der Waals surface area contributed by atoms with Gasteiger partial charge >= 0.3 is 0 Å². The van der Waals surface area contributed by atoms with Gasteiger partial charge < -0.3 is 24.4 Å². The molecule has 1 aromatic heterocycles. The second-order valence-corrected chi connectivity index (χ2v) is 8.69. The van der Waals surface area contributed by atoms with E-state index in [9.17, 15) is 4.79 Å². The van der Waals surface area contributed by atoms with Gasteiger partial charge in [-0.1, -0.05) is 6.07 Å². The molecule has 1 N–H and O–H groups in total. The van der Waals surface area contributed by atoms with Crippen LogP contribution in [0, 0.1) is 0 Å². The Bertz CT molecular complexity index is 1100. The van der Waals surface area contributed by atoms with E-state index in [1.54, 1.807) is 38.0 Å². The Morgan fingerprint density at radius 3 is 2.91 bits per heavy atom. The normalized spacial score (nSPS) is 21.3. The average molecular weight is 479 g/mol.